The Hall–Kier alpha value is -1.18. The average Bonchev–Trinajstić information content (AvgIpc) is 2.32. The second-order valence-electron chi connectivity index (χ2n) is 4.84. The van der Waals surface area contributed by atoms with Crippen molar-refractivity contribution in [1.29, 1.82) is 0 Å². The summed E-state index contributed by atoms with van der Waals surface area (Å²) < 4.78 is 0. The lowest BCUT2D eigenvalue weighted by Crippen LogP contribution is -2.15. The molecule has 0 radical (unpaired) electrons. The SMILES string of the molecule is CCCCC(CC)CNc1c(C)cccc1N. The Labute approximate surface area is 106 Å². The maximum Gasteiger partial charge on any atom is 0.0603 e. The predicted octanol–water partition coefficient (Wildman–Crippen LogP) is 4.21. The average molecular weight is 234 g/mol. The van der Waals surface area contributed by atoms with Crippen LogP contribution in [0, 0.1) is 12.8 Å². The highest BCUT2D eigenvalue weighted by Gasteiger charge is 2.07. The molecule has 0 fully saturated rings. The zero-order valence-corrected chi connectivity index (χ0v) is 11.4. The van der Waals surface area contributed by atoms with Gasteiger partial charge in [0.05, 0.1) is 11.4 Å². The van der Waals surface area contributed by atoms with Crippen LogP contribution in [0.4, 0.5) is 11.4 Å². The first-order valence-electron chi connectivity index (χ1n) is 6.78. The van der Waals surface area contributed by atoms with Crippen molar-refractivity contribution >= 4 is 11.4 Å². The third-order valence-electron chi connectivity index (χ3n) is 3.42. The number of hydrogen-bond donors (Lipinski definition) is 2. The zero-order chi connectivity index (χ0) is 12.7. The van der Waals surface area contributed by atoms with Crippen LogP contribution in [0.25, 0.3) is 0 Å². The van der Waals surface area contributed by atoms with Crippen molar-refractivity contribution in [3.8, 4) is 0 Å². The number of anilines is 2. The molecule has 96 valence electrons. The van der Waals surface area contributed by atoms with E-state index in [9.17, 15) is 0 Å². The molecular weight excluding hydrogens is 208 g/mol. The Morgan fingerprint density at radius 2 is 2.06 bits per heavy atom. The number of hydrogen-bond acceptors (Lipinski definition) is 2. The van der Waals surface area contributed by atoms with Gasteiger partial charge in [0, 0.05) is 6.54 Å². The van der Waals surface area contributed by atoms with Gasteiger partial charge in [0.2, 0.25) is 0 Å². The van der Waals surface area contributed by atoms with E-state index in [-0.39, 0.29) is 0 Å². The first-order valence-corrected chi connectivity index (χ1v) is 6.78. The molecule has 0 bridgehead atoms. The minimum atomic E-state index is 0.758. The zero-order valence-electron chi connectivity index (χ0n) is 11.4. The molecule has 3 N–H and O–H groups in total. The van der Waals surface area contributed by atoms with Gasteiger partial charge in [-0.1, -0.05) is 45.2 Å². The molecule has 0 saturated carbocycles. The first kappa shape index (κ1) is 13.9. The number of rotatable bonds is 7. The van der Waals surface area contributed by atoms with Gasteiger partial charge >= 0.3 is 0 Å². The van der Waals surface area contributed by atoms with Gasteiger partial charge in [0.15, 0.2) is 0 Å². The van der Waals surface area contributed by atoms with E-state index in [0.29, 0.717) is 0 Å². The van der Waals surface area contributed by atoms with E-state index >= 15 is 0 Å². The van der Waals surface area contributed by atoms with Crippen LogP contribution in [-0.2, 0) is 0 Å². The second kappa shape index (κ2) is 7.21. The fourth-order valence-corrected chi connectivity index (χ4v) is 2.12. The third-order valence-corrected chi connectivity index (χ3v) is 3.42. The molecule has 0 aromatic heterocycles. The van der Waals surface area contributed by atoms with Gasteiger partial charge < -0.3 is 11.1 Å². The summed E-state index contributed by atoms with van der Waals surface area (Å²) in [7, 11) is 0. The molecule has 0 heterocycles. The number of nitrogens with one attached hydrogen (secondary N) is 1. The van der Waals surface area contributed by atoms with Gasteiger partial charge in [-0.25, -0.2) is 0 Å². The van der Waals surface area contributed by atoms with Crippen molar-refractivity contribution in [3.63, 3.8) is 0 Å². The van der Waals surface area contributed by atoms with Gasteiger partial charge in [-0.2, -0.15) is 0 Å². The molecule has 17 heavy (non-hydrogen) atoms. The lowest BCUT2D eigenvalue weighted by molar-refractivity contribution is 0.473. The molecule has 0 saturated heterocycles. The summed E-state index contributed by atoms with van der Waals surface area (Å²) in [4.78, 5) is 0. The van der Waals surface area contributed by atoms with Gasteiger partial charge in [-0.05, 0) is 30.9 Å². The van der Waals surface area contributed by atoms with Crippen LogP contribution < -0.4 is 11.1 Å². The van der Waals surface area contributed by atoms with E-state index in [1.54, 1.807) is 0 Å². The summed E-state index contributed by atoms with van der Waals surface area (Å²) in [6.45, 7) is 7.65. The Morgan fingerprint density at radius 3 is 2.65 bits per heavy atom. The Kier molecular flexibility index (Phi) is 5.88. The van der Waals surface area contributed by atoms with Crippen LogP contribution >= 0.6 is 0 Å². The highest BCUT2D eigenvalue weighted by Crippen LogP contribution is 2.23. The molecular formula is C15H26N2. The Morgan fingerprint density at radius 1 is 1.29 bits per heavy atom. The van der Waals surface area contributed by atoms with Crippen LogP contribution in [0.3, 0.4) is 0 Å². The lowest BCUT2D eigenvalue weighted by atomic mass is 9.99. The maximum atomic E-state index is 5.99. The molecule has 0 aliphatic rings. The third kappa shape index (κ3) is 4.29. The van der Waals surface area contributed by atoms with Crippen LogP contribution in [0.5, 0.6) is 0 Å². The number of para-hydroxylation sites is 1. The fraction of sp³-hybridized carbons (Fsp3) is 0.600. The van der Waals surface area contributed by atoms with Crippen molar-refractivity contribution in [2.75, 3.05) is 17.6 Å². The van der Waals surface area contributed by atoms with E-state index in [4.69, 9.17) is 5.73 Å². The summed E-state index contributed by atoms with van der Waals surface area (Å²) >= 11 is 0. The van der Waals surface area contributed by atoms with Crippen molar-refractivity contribution < 1.29 is 0 Å². The molecule has 1 atom stereocenters. The maximum absolute atomic E-state index is 5.99. The van der Waals surface area contributed by atoms with E-state index < -0.39 is 0 Å². The number of benzene rings is 1. The number of aryl methyl sites for hydroxylation is 1. The summed E-state index contributed by atoms with van der Waals surface area (Å²) in [5.74, 6) is 0.758. The number of unbranched alkanes of at least 4 members (excludes halogenated alkanes) is 1. The van der Waals surface area contributed by atoms with Gasteiger partial charge in [-0.15, -0.1) is 0 Å². The highest BCUT2D eigenvalue weighted by atomic mass is 14.9. The number of nitrogen functional groups attached to an aromatic ring is 1. The van der Waals surface area contributed by atoms with Crippen LogP contribution in [0.2, 0.25) is 0 Å². The standard InChI is InChI=1S/C15H26N2/c1-4-6-9-13(5-2)11-17-15-12(3)8-7-10-14(15)16/h7-8,10,13,17H,4-6,9,11,16H2,1-3H3. The number of nitrogens with two attached hydrogens (primary N) is 1. The topological polar surface area (TPSA) is 38.0 Å². The van der Waals surface area contributed by atoms with Crippen LogP contribution in [0.1, 0.15) is 45.1 Å². The molecule has 1 aromatic rings. The van der Waals surface area contributed by atoms with Gasteiger partial charge in [0.1, 0.15) is 0 Å². The molecule has 1 aromatic carbocycles. The van der Waals surface area contributed by atoms with E-state index in [1.165, 1.54) is 31.2 Å². The minimum absolute atomic E-state index is 0.758. The van der Waals surface area contributed by atoms with Crippen molar-refractivity contribution in [1.82, 2.24) is 0 Å². The largest absolute Gasteiger partial charge is 0.397 e. The van der Waals surface area contributed by atoms with Gasteiger partial charge in [-0.3, -0.25) is 0 Å². The second-order valence-corrected chi connectivity index (χ2v) is 4.84. The quantitative estimate of drug-likeness (QED) is 0.694. The normalized spacial score (nSPS) is 12.4. The summed E-state index contributed by atoms with van der Waals surface area (Å²) in [6, 6.07) is 6.07. The van der Waals surface area contributed by atoms with E-state index in [2.05, 4.69) is 32.2 Å². The van der Waals surface area contributed by atoms with E-state index in [0.717, 1.165) is 23.8 Å². The molecule has 2 heteroatoms. The molecule has 0 aliphatic carbocycles. The van der Waals surface area contributed by atoms with Crippen LogP contribution in [0.15, 0.2) is 18.2 Å². The molecule has 0 amide bonds. The highest BCUT2D eigenvalue weighted by molar-refractivity contribution is 5.69. The molecule has 2 nitrogen and oxygen atoms in total. The lowest BCUT2D eigenvalue weighted by Gasteiger charge is -2.18. The van der Waals surface area contributed by atoms with Crippen LogP contribution in [-0.4, -0.2) is 6.54 Å². The monoisotopic (exact) mass is 234 g/mol. The molecule has 1 rings (SSSR count). The Bertz CT molecular complexity index is 313. The van der Waals surface area contributed by atoms with Crippen molar-refractivity contribution in [3.05, 3.63) is 23.8 Å². The molecule has 0 aliphatic heterocycles. The smallest absolute Gasteiger partial charge is 0.0603 e. The minimum Gasteiger partial charge on any atom is -0.397 e. The summed E-state index contributed by atoms with van der Waals surface area (Å²) in [5.41, 5.74) is 9.19. The van der Waals surface area contributed by atoms with Crippen molar-refractivity contribution in [2.24, 2.45) is 5.92 Å². The van der Waals surface area contributed by atoms with Gasteiger partial charge in [0.25, 0.3) is 0 Å². The molecule has 0 spiro atoms. The summed E-state index contributed by atoms with van der Waals surface area (Å²) in [5, 5.41) is 3.52. The molecule has 1 unspecified atom stereocenters. The predicted molar refractivity (Wildman–Crippen MR) is 77.4 cm³/mol. The Balaban J connectivity index is 2.53. The fourth-order valence-electron chi connectivity index (χ4n) is 2.12. The summed E-state index contributed by atoms with van der Waals surface area (Å²) in [6.07, 6.45) is 5.15. The van der Waals surface area contributed by atoms with E-state index in [1.807, 2.05) is 12.1 Å². The van der Waals surface area contributed by atoms with Crippen molar-refractivity contribution in [2.45, 2.75) is 46.5 Å². The first-order chi connectivity index (χ1) is 8.19.